The number of aryl methyl sites for hydroxylation is 2. The zero-order chi connectivity index (χ0) is 13.4. The van der Waals surface area contributed by atoms with Crippen molar-refractivity contribution in [2.75, 3.05) is 13.1 Å². The summed E-state index contributed by atoms with van der Waals surface area (Å²) in [6.45, 7) is 5.22. The zero-order valence-electron chi connectivity index (χ0n) is 10.9. The van der Waals surface area contributed by atoms with Crippen molar-refractivity contribution in [2.45, 2.75) is 19.9 Å². The molecule has 0 atom stereocenters. The molecule has 1 saturated heterocycles. The van der Waals surface area contributed by atoms with E-state index in [0.717, 1.165) is 11.5 Å². The topological polar surface area (TPSA) is 63.9 Å². The lowest BCUT2D eigenvalue weighted by atomic mass is 10.1. The van der Waals surface area contributed by atoms with Gasteiger partial charge in [-0.1, -0.05) is 0 Å². The maximum Gasteiger partial charge on any atom is 0.274 e. The molecular formula is C13H15N5O. The summed E-state index contributed by atoms with van der Waals surface area (Å²) in [5, 5.41) is 0. The van der Waals surface area contributed by atoms with E-state index in [9.17, 15) is 4.79 Å². The van der Waals surface area contributed by atoms with Gasteiger partial charge in [-0.2, -0.15) is 0 Å². The van der Waals surface area contributed by atoms with Crippen LogP contribution in [-0.2, 0) is 0 Å². The number of imidazole rings is 1. The summed E-state index contributed by atoms with van der Waals surface area (Å²) < 4.78 is 2.10. The van der Waals surface area contributed by atoms with Crippen LogP contribution in [0.2, 0.25) is 0 Å². The van der Waals surface area contributed by atoms with Gasteiger partial charge in [0, 0.05) is 31.7 Å². The number of amides is 1. The Morgan fingerprint density at radius 1 is 1.21 bits per heavy atom. The summed E-state index contributed by atoms with van der Waals surface area (Å²) in [5.41, 5.74) is 1.22. The van der Waals surface area contributed by atoms with Crippen LogP contribution in [0, 0.1) is 13.8 Å². The second-order valence-electron chi connectivity index (χ2n) is 4.79. The molecule has 1 amide bonds. The largest absolute Gasteiger partial charge is 0.333 e. The molecule has 0 aliphatic carbocycles. The number of hydrogen-bond donors (Lipinski definition) is 0. The van der Waals surface area contributed by atoms with Gasteiger partial charge in [-0.25, -0.2) is 9.97 Å². The summed E-state index contributed by atoms with van der Waals surface area (Å²) in [6, 6.07) is 0.324. The van der Waals surface area contributed by atoms with Crippen LogP contribution in [-0.4, -0.2) is 43.4 Å². The summed E-state index contributed by atoms with van der Waals surface area (Å²) in [7, 11) is 0. The molecule has 1 aliphatic heterocycles. The van der Waals surface area contributed by atoms with Gasteiger partial charge in [0.15, 0.2) is 0 Å². The highest BCUT2D eigenvalue weighted by atomic mass is 16.2. The van der Waals surface area contributed by atoms with E-state index in [1.54, 1.807) is 17.3 Å². The molecule has 1 aliphatic rings. The summed E-state index contributed by atoms with van der Waals surface area (Å²) in [5.74, 6) is 0.925. The number of rotatable bonds is 2. The third kappa shape index (κ3) is 2.09. The SMILES string of the molecule is Cc1cnc(C(=O)N2CC(n3ccnc3C)C2)cn1. The third-order valence-electron chi connectivity index (χ3n) is 3.41. The highest BCUT2D eigenvalue weighted by Crippen LogP contribution is 2.23. The van der Waals surface area contributed by atoms with Crippen molar-refractivity contribution in [3.05, 3.63) is 42.0 Å². The van der Waals surface area contributed by atoms with Crippen LogP contribution in [0.25, 0.3) is 0 Å². The molecule has 2 aromatic rings. The molecule has 6 heteroatoms. The Balaban J connectivity index is 1.66. The second-order valence-corrected chi connectivity index (χ2v) is 4.79. The number of nitrogens with zero attached hydrogens (tertiary/aromatic N) is 5. The summed E-state index contributed by atoms with van der Waals surface area (Å²) in [4.78, 5) is 26.3. The minimum atomic E-state index is -0.0541. The Bertz CT molecular complexity index is 598. The predicted octanol–water partition coefficient (Wildman–Crippen LogP) is 0.987. The van der Waals surface area contributed by atoms with E-state index in [1.165, 1.54) is 6.20 Å². The monoisotopic (exact) mass is 257 g/mol. The normalized spacial score (nSPS) is 15.4. The zero-order valence-corrected chi connectivity index (χ0v) is 10.9. The van der Waals surface area contributed by atoms with E-state index in [0.29, 0.717) is 24.8 Å². The van der Waals surface area contributed by atoms with E-state index in [-0.39, 0.29) is 5.91 Å². The number of hydrogen-bond acceptors (Lipinski definition) is 4. The predicted molar refractivity (Wildman–Crippen MR) is 68.7 cm³/mol. The lowest BCUT2D eigenvalue weighted by Gasteiger charge is -2.40. The maximum atomic E-state index is 12.1. The molecule has 0 radical (unpaired) electrons. The molecule has 1 fully saturated rings. The van der Waals surface area contributed by atoms with Gasteiger partial charge in [-0.05, 0) is 13.8 Å². The quantitative estimate of drug-likeness (QED) is 0.804. The van der Waals surface area contributed by atoms with Gasteiger partial charge in [0.05, 0.1) is 17.9 Å². The number of carbonyl (C=O) groups excluding carboxylic acids is 1. The summed E-state index contributed by atoms with van der Waals surface area (Å²) in [6.07, 6.45) is 6.89. The first-order chi connectivity index (χ1) is 9.15. The van der Waals surface area contributed by atoms with Crippen molar-refractivity contribution in [1.82, 2.24) is 24.4 Å². The molecule has 0 spiro atoms. The van der Waals surface area contributed by atoms with Crippen LogP contribution in [0.1, 0.15) is 28.0 Å². The fraction of sp³-hybridized carbons (Fsp3) is 0.385. The number of likely N-dealkylation sites (tertiary alicyclic amines) is 1. The van der Waals surface area contributed by atoms with Crippen LogP contribution in [0.4, 0.5) is 0 Å². The molecular weight excluding hydrogens is 242 g/mol. The van der Waals surface area contributed by atoms with Gasteiger partial charge in [0.1, 0.15) is 11.5 Å². The van der Waals surface area contributed by atoms with Crippen molar-refractivity contribution in [1.29, 1.82) is 0 Å². The Morgan fingerprint density at radius 2 is 2.00 bits per heavy atom. The minimum absolute atomic E-state index is 0.0541. The Hall–Kier alpha value is -2.24. The lowest BCUT2D eigenvalue weighted by Crippen LogP contribution is -2.51. The number of carbonyl (C=O) groups is 1. The van der Waals surface area contributed by atoms with Crippen LogP contribution in [0.5, 0.6) is 0 Å². The lowest BCUT2D eigenvalue weighted by molar-refractivity contribution is 0.0511. The molecule has 2 aromatic heterocycles. The minimum Gasteiger partial charge on any atom is -0.333 e. The Labute approximate surface area is 111 Å². The molecule has 3 rings (SSSR count). The molecule has 19 heavy (non-hydrogen) atoms. The van der Waals surface area contributed by atoms with E-state index in [4.69, 9.17) is 0 Å². The van der Waals surface area contributed by atoms with Gasteiger partial charge in [0.2, 0.25) is 0 Å². The van der Waals surface area contributed by atoms with E-state index < -0.39 is 0 Å². The highest BCUT2D eigenvalue weighted by Gasteiger charge is 2.33. The third-order valence-corrected chi connectivity index (χ3v) is 3.41. The van der Waals surface area contributed by atoms with Gasteiger partial charge in [-0.15, -0.1) is 0 Å². The number of aromatic nitrogens is 4. The molecule has 98 valence electrons. The first-order valence-corrected chi connectivity index (χ1v) is 6.22. The van der Waals surface area contributed by atoms with Gasteiger partial charge >= 0.3 is 0 Å². The maximum absolute atomic E-state index is 12.1. The summed E-state index contributed by atoms with van der Waals surface area (Å²) >= 11 is 0. The second kappa shape index (κ2) is 4.46. The van der Waals surface area contributed by atoms with Gasteiger partial charge < -0.3 is 9.47 Å². The molecule has 6 nitrogen and oxygen atoms in total. The Kier molecular flexibility index (Phi) is 2.77. The molecule has 0 bridgehead atoms. The van der Waals surface area contributed by atoms with Crippen LogP contribution in [0.15, 0.2) is 24.8 Å². The van der Waals surface area contributed by atoms with Gasteiger partial charge in [-0.3, -0.25) is 9.78 Å². The van der Waals surface area contributed by atoms with Crippen molar-refractivity contribution in [2.24, 2.45) is 0 Å². The first kappa shape index (κ1) is 11.8. The van der Waals surface area contributed by atoms with Crippen LogP contribution < -0.4 is 0 Å². The van der Waals surface area contributed by atoms with Crippen LogP contribution in [0.3, 0.4) is 0 Å². The molecule has 0 saturated carbocycles. The average Bonchev–Trinajstić information content (AvgIpc) is 2.75. The Morgan fingerprint density at radius 3 is 2.58 bits per heavy atom. The van der Waals surface area contributed by atoms with Crippen molar-refractivity contribution >= 4 is 5.91 Å². The van der Waals surface area contributed by atoms with E-state index >= 15 is 0 Å². The van der Waals surface area contributed by atoms with E-state index in [1.807, 2.05) is 20.0 Å². The molecule has 0 N–H and O–H groups in total. The standard InChI is InChI=1S/C13H15N5O/c1-9-5-16-12(6-15-9)13(19)17-7-11(8-17)18-4-3-14-10(18)2/h3-6,11H,7-8H2,1-2H3. The average molecular weight is 257 g/mol. The molecule has 0 aromatic carbocycles. The fourth-order valence-corrected chi connectivity index (χ4v) is 2.24. The van der Waals surface area contributed by atoms with Crippen LogP contribution >= 0.6 is 0 Å². The van der Waals surface area contributed by atoms with Crippen molar-refractivity contribution < 1.29 is 4.79 Å². The van der Waals surface area contributed by atoms with E-state index in [2.05, 4.69) is 19.5 Å². The highest BCUT2D eigenvalue weighted by molar-refractivity contribution is 5.92. The molecule has 0 unspecified atom stereocenters. The van der Waals surface area contributed by atoms with Crippen molar-refractivity contribution in [3.8, 4) is 0 Å². The molecule has 3 heterocycles. The smallest absolute Gasteiger partial charge is 0.274 e. The van der Waals surface area contributed by atoms with Crippen molar-refractivity contribution in [3.63, 3.8) is 0 Å². The first-order valence-electron chi connectivity index (χ1n) is 6.22. The van der Waals surface area contributed by atoms with Gasteiger partial charge in [0.25, 0.3) is 5.91 Å². The fourth-order valence-electron chi connectivity index (χ4n) is 2.24.